The van der Waals surface area contributed by atoms with Gasteiger partial charge in [0.15, 0.2) is 11.4 Å². The Hall–Kier alpha value is -4.26. The van der Waals surface area contributed by atoms with Crippen LogP contribution in [0, 0.1) is 6.92 Å². The third-order valence-corrected chi connectivity index (χ3v) is 5.40. The Kier molecular flexibility index (Phi) is 7.67. The number of carbonyl (C=O) groups is 2. The number of aromatic nitrogens is 2. The first-order valence-electron chi connectivity index (χ1n) is 11.5. The summed E-state index contributed by atoms with van der Waals surface area (Å²) < 4.78 is 10.9. The summed E-state index contributed by atoms with van der Waals surface area (Å²) in [7, 11) is 0. The molecule has 1 N–H and O–H groups in total. The Morgan fingerprint density at radius 2 is 1.63 bits per heavy atom. The van der Waals surface area contributed by atoms with Crippen LogP contribution in [-0.2, 0) is 22.6 Å². The normalized spacial score (nSPS) is 10.7. The summed E-state index contributed by atoms with van der Waals surface area (Å²) in [5.41, 5.74) is 2.62. The van der Waals surface area contributed by atoms with Gasteiger partial charge in [-0.1, -0.05) is 72.8 Å². The van der Waals surface area contributed by atoms with Gasteiger partial charge in [0.1, 0.15) is 19.0 Å². The van der Waals surface area contributed by atoms with Gasteiger partial charge < -0.3 is 14.8 Å². The highest BCUT2D eigenvalue weighted by Gasteiger charge is 2.21. The van der Waals surface area contributed by atoms with E-state index >= 15 is 0 Å². The van der Waals surface area contributed by atoms with E-state index in [4.69, 9.17) is 9.47 Å². The molecule has 0 unspecified atom stereocenters. The molecule has 7 nitrogen and oxygen atoms in total. The van der Waals surface area contributed by atoms with Gasteiger partial charge in [-0.15, -0.1) is 0 Å². The van der Waals surface area contributed by atoms with Crippen molar-refractivity contribution >= 4 is 22.6 Å². The summed E-state index contributed by atoms with van der Waals surface area (Å²) in [5, 5.41) is 4.85. The number of esters is 1. The minimum absolute atomic E-state index is 0.0912. The van der Waals surface area contributed by atoms with Crippen LogP contribution in [0.15, 0.2) is 72.8 Å². The first kappa shape index (κ1) is 23.9. The lowest BCUT2D eigenvalue weighted by molar-refractivity contribution is -0.141. The number of aryl methyl sites for hydroxylation is 1. The largest absolute Gasteiger partial charge is 0.485 e. The molecular weight excluding hydrogens is 442 g/mol. The van der Waals surface area contributed by atoms with E-state index in [0.717, 1.165) is 21.9 Å². The molecule has 178 valence electrons. The molecule has 4 rings (SSSR count). The van der Waals surface area contributed by atoms with E-state index in [2.05, 4.69) is 39.6 Å². The molecule has 7 heteroatoms. The molecule has 0 atom stereocenters. The number of fused-ring (bicyclic) bond motifs is 1. The molecule has 0 aliphatic rings. The van der Waals surface area contributed by atoms with Gasteiger partial charge in [0.05, 0.1) is 12.3 Å². The summed E-state index contributed by atoms with van der Waals surface area (Å²) in [6, 6.07) is 23.9. The van der Waals surface area contributed by atoms with Crippen LogP contribution >= 0.6 is 0 Å². The van der Waals surface area contributed by atoms with E-state index < -0.39 is 11.9 Å². The minimum atomic E-state index is -0.522. The Labute approximate surface area is 204 Å². The van der Waals surface area contributed by atoms with Gasteiger partial charge in [0.25, 0.3) is 5.91 Å². The summed E-state index contributed by atoms with van der Waals surface area (Å²) in [5.74, 6) is -0.259. The molecule has 35 heavy (non-hydrogen) atoms. The Morgan fingerprint density at radius 1 is 0.886 bits per heavy atom. The van der Waals surface area contributed by atoms with E-state index in [1.54, 1.807) is 13.8 Å². The maximum atomic E-state index is 13.0. The van der Waals surface area contributed by atoms with Gasteiger partial charge in [0, 0.05) is 6.42 Å². The zero-order chi connectivity index (χ0) is 24.6. The summed E-state index contributed by atoms with van der Waals surface area (Å²) in [4.78, 5) is 33.9. The van der Waals surface area contributed by atoms with Crippen LogP contribution in [0.2, 0.25) is 0 Å². The molecule has 1 heterocycles. The zero-order valence-electron chi connectivity index (χ0n) is 19.8. The average Bonchev–Trinajstić information content (AvgIpc) is 2.87. The maximum absolute atomic E-state index is 13.0. The zero-order valence-corrected chi connectivity index (χ0v) is 19.8. The van der Waals surface area contributed by atoms with Crippen LogP contribution in [0.5, 0.6) is 5.75 Å². The monoisotopic (exact) mass is 469 g/mol. The lowest BCUT2D eigenvalue weighted by Crippen LogP contribution is -2.32. The second kappa shape index (κ2) is 11.2. The van der Waals surface area contributed by atoms with Crippen LogP contribution in [0.4, 0.5) is 0 Å². The number of amides is 1. The minimum Gasteiger partial charge on any atom is -0.485 e. The molecule has 0 fully saturated rings. The van der Waals surface area contributed by atoms with Crippen molar-refractivity contribution in [3.8, 4) is 5.75 Å². The molecule has 1 aromatic heterocycles. The average molecular weight is 470 g/mol. The van der Waals surface area contributed by atoms with Crippen molar-refractivity contribution in [2.75, 3.05) is 13.2 Å². The van der Waals surface area contributed by atoms with Crippen LogP contribution < -0.4 is 10.1 Å². The second-order valence-electron chi connectivity index (χ2n) is 8.02. The van der Waals surface area contributed by atoms with Gasteiger partial charge in [-0.25, -0.2) is 9.97 Å². The van der Waals surface area contributed by atoms with Crippen molar-refractivity contribution in [2.45, 2.75) is 26.9 Å². The Morgan fingerprint density at radius 3 is 2.40 bits per heavy atom. The number of nitrogens with zero attached hydrogens (tertiary/aromatic N) is 2. The third-order valence-electron chi connectivity index (χ3n) is 5.40. The molecule has 4 aromatic rings. The molecule has 3 aromatic carbocycles. The van der Waals surface area contributed by atoms with Crippen molar-refractivity contribution < 1.29 is 19.1 Å². The van der Waals surface area contributed by atoms with Crippen molar-refractivity contribution in [3.63, 3.8) is 0 Å². The molecule has 0 aliphatic carbocycles. The number of benzene rings is 3. The second-order valence-corrected chi connectivity index (χ2v) is 8.02. The van der Waals surface area contributed by atoms with Crippen molar-refractivity contribution in [2.24, 2.45) is 0 Å². The maximum Gasteiger partial charge on any atom is 0.325 e. The van der Waals surface area contributed by atoms with E-state index in [9.17, 15) is 9.59 Å². The topological polar surface area (TPSA) is 90.4 Å². The third kappa shape index (κ3) is 6.20. The van der Waals surface area contributed by atoms with E-state index in [-0.39, 0.29) is 31.2 Å². The van der Waals surface area contributed by atoms with Crippen LogP contribution in [0.3, 0.4) is 0 Å². The van der Waals surface area contributed by atoms with Crippen LogP contribution in [0.25, 0.3) is 10.8 Å². The lowest BCUT2D eigenvalue weighted by atomic mass is 10.0. The molecule has 1 amide bonds. The summed E-state index contributed by atoms with van der Waals surface area (Å²) in [6.45, 7) is 3.74. The van der Waals surface area contributed by atoms with Crippen LogP contribution in [0.1, 0.15) is 40.1 Å². The van der Waals surface area contributed by atoms with E-state index in [1.165, 1.54) is 0 Å². The Bertz CT molecular complexity index is 1340. The molecule has 0 saturated heterocycles. The quantitative estimate of drug-likeness (QED) is 0.366. The van der Waals surface area contributed by atoms with Gasteiger partial charge in [-0.2, -0.15) is 0 Å². The predicted octanol–water partition coefficient (Wildman–Crippen LogP) is 4.40. The van der Waals surface area contributed by atoms with Crippen LogP contribution in [-0.4, -0.2) is 35.0 Å². The molecule has 0 spiro atoms. The predicted molar refractivity (Wildman–Crippen MR) is 133 cm³/mol. The highest BCUT2D eigenvalue weighted by atomic mass is 16.5. The van der Waals surface area contributed by atoms with Crippen molar-refractivity contribution in [1.29, 1.82) is 0 Å². The number of hydrogen-bond donors (Lipinski definition) is 1. The van der Waals surface area contributed by atoms with Crippen molar-refractivity contribution in [1.82, 2.24) is 15.3 Å². The number of rotatable bonds is 9. The fourth-order valence-corrected chi connectivity index (χ4v) is 3.74. The highest BCUT2D eigenvalue weighted by Crippen LogP contribution is 2.24. The number of carbonyl (C=O) groups excluding carboxylic acids is 2. The SMILES string of the molecule is CCOC(=O)CNC(=O)c1nc(Cc2ccc3ccccc3c2)nc(C)c1OCc1ccccc1. The van der Waals surface area contributed by atoms with Gasteiger partial charge >= 0.3 is 5.97 Å². The van der Waals surface area contributed by atoms with Gasteiger partial charge in [-0.05, 0) is 35.7 Å². The highest BCUT2D eigenvalue weighted by molar-refractivity contribution is 5.96. The molecule has 0 aliphatic heterocycles. The number of hydrogen-bond acceptors (Lipinski definition) is 6. The number of nitrogens with one attached hydrogen (secondary N) is 1. The van der Waals surface area contributed by atoms with Gasteiger partial charge in [-0.3, -0.25) is 9.59 Å². The molecule has 0 saturated carbocycles. The number of ether oxygens (including phenoxy) is 2. The fraction of sp³-hybridized carbons (Fsp3) is 0.214. The summed E-state index contributed by atoms with van der Waals surface area (Å²) >= 11 is 0. The van der Waals surface area contributed by atoms with Crippen molar-refractivity contribution in [3.05, 3.63) is 101 Å². The van der Waals surface area contributed by atoms with E-state index in [1.807, 2.05) is 48.5 Å². The van der Waals surface area contributed by atoms with Gasteiger partial charge in [0.2, 0.25) is 0 Å². The standard InChI is InChI=1S/C28H27N3O4/c1-3-34-25(32)17-29-28(33)26-27(35-18-20-9-5-4-6-10-20)19(2)30-24(31-26)16-21-13-14-22-11-7-8-12-23(22)15-21/h4-15H,3,16-18H2,1-2H3,(H,29,33). The Balaban J connectivity index is 1.61. The smallest absolute Gasteiger partial charge is 0.325 e. The summed E-state index contributed by atoms with van der Waals surface area (Å²) in [6.07, 6.45) is 0.447. The lowest BCUT2D eigenvalue weighted by Gasteiger charge is -2.15. The molecular formula is C28H27N3O4. The molecule has 0 bridgehead atoms. The molecule has 0 radical (unpaired) electrons. The first-order valence-corrected chi connectivity index (χ1v) is 11.5. The first-order chi connectivity index (χ1) is 17.0. The fourth-order valence-electron chi connectivity index (χ4n) is 3.74. The van der Waals surface area contributed by atoms with E-state index in [0.29, 0.717) is 17.9 Å².